The summed E-state index contributed by atoms with van der Waals surface area (Å²) in [5, 5.41) is 3.44. The molecule has 0 bridgehead atoms. The molecule has 0 saturated heterocycles. The van der Waals surface area contributed by atoms with Gasteiger partial charge in [0.1, 0.15) is 11.5 Å². The molecule has 2 aromatic rings. The molecule has 0 aromatic heterocycles. The number of nitrogens with zero attached hydrogens (tertiary/aromatic N) is 1. The van der Waals surface area contributed by atoms with Crippen molar-refractivity contribution in [3.63, 3.8) is 0 Å². The van der Waals surface area contributed by atoms with E-state index in [1.54, 1.807) is 14.2 Å². The Bertz CT molecular complexity index is 607. The van der Waals surface area contributed by atoms with Crippen molar-refractivity contribution in [2.45, 2.75) is 20.4 Å². The van der Waals surface area contributed by atoms with Gasteiger partial charge in [-0.1, -0.05) is 0 Å². The van der Waals surface area contributed by atoms with Crippen LogP contribution in [-0.4, -0.2) is 27.3 Å². The van der Waals surface area contributed by atoms with E-state index >= 15 is 0 Å². The first kappa shape index (κ1) is 17.0. The van der Waals surface area contributed by atoms with E-state index in [1.807, 2.05) is 18.2 Å². The number of hydrogen-bond donors (Lipinski definition) is 1. The Morgan fingerprint density at radius 1 is 0.913 bits per heavy atom. The second-order valence-corrected chi connectivity index (χ2v) is 5.25. The SMILES string of the molecule is CCN(CC)c1ccc(NCc2cc(OC)ccc2OC)cc1. The van der Waals surface area contributed by atoms with Crippen LogP contribution in [0.3, 0.4) is 0 Å². The average Bonchev–Trinajstić information content (AvgIpc) is 2.61. The Kier molecular flexibility index (Phi) is 6.15. The summed E-state index contributed by atoms with van der Waals surface area (Å²) in [6.07, 6.45) is 0. The molecule has 0 fully saturated rings. The van der Waals surface area contributed by atoms with Gasteiger partial charge in [0.2, 0.25) is 0 Å². The summed E-state index contributed by atoms with van der Waals surface area (Å²) >= 11 is 0. The Labute approximate surface area is 139 Å². The van der Waals surface area contributed by atoms with E-state index in [-0.39, 0.29) is 0 Å². The Hall–Kier alpha value is -2.36. The van der Waals surface area contributed by atoms with Gasteiger partial charge in [0.25, 0.3) is 0 Å². The third-order valence-corrected chi connectivity index (χ3v) is 3.97. The zero-order valence-corrected chi connectivity index (χ0v) is 14.4. The lowest BCUT2D eigenvalue weighted by Crippen LogP contribution is -2.21. The monoisotopic (exact) mass is 314 g/mol. The molecule has 23 heavy (non-hydrogen) atoms. The van der Waals surface area contributed by atoms with Crippen LogP contribution in [0.15, 0.2) is 42.5 Å². The van der Waals surface area contributed by atoms with Crippen molar-refractivity contribution in [3.8, 4) is 11.5 Å². The Balaban J connectivity index is 2.06. The fourth-order valence-electron chi connectivity index (χ4n) is 2.60. The van der Waals surface area contributed by atoms with E-state index in [9.17, 15) is 0 Å². The number of anilines is 2. The van der Waals surface area contributed by atoms with E-state index in [0.29, 0.717) is 6.54 Å². The van der Waals surface area contributed by atoms with E-state index in [2.05, 4.69) is 48.3 Å². The first-order valence-corrected chi connectivity index (χ1v) is 8.01. The third-order valence-electron chi connectivity index (χ3n) is 3.97. The normalized spacial score (nSPS) is 10.3. The number of benzene rings is 2. The summed E-state index contributed by atoms with van der Waals surface area (Å²) < 4.78 is 10.7. The molecule has 0 aliphatic heterocycles. The standard InChI is InChI=1S/C19H26N2O2/c1-5-21(6-2)17-9-7-16(8-10-17)20-14-15-13-18(22-3)11-12-19(15)23-4/h7-13,20H,5-6,14H2,1-4H3. The maximum Gasteiger partial charge on any atom is 0.124 e. The molecular formula is C19H26N2O2. The zero-order chi connectivity index (χ0) is 16.7. The number of ether oxygens (including phenoxy) is 2. The maximum atomic E-state index is 5.41. The number of rotatable bonds is 8. The largest absolute Gasteiger partial charge is 0.497 e. The van der Waals surface area contributed by atoms with Gasteiger partial charge in [-0.05, 0) is 56.3 Å². The molecule has 0 atom stereocenters. The minimum atomic E-state index is 0.686. The molecule has 1 N–H and O–H groups in total. The summed E-state index contributed by atoms with van der Waals surface area (Å²) in [5.41, 5.74) is 3.41. The molecule has 0 aliphatic carbocycles. The minimum Gasteiger partial charge on any atom is -0.497 e. The van der Waals surface area contributed by atoms with E-state index < -0.39 is 0 Å². The fourth-order valence-corrected chi connectivity index (χ4v) is 2.60. The van der Waals surface area contributed by atoms with Crippen molar-refractivity contribution in [3.05, 3.63) is 48.0 Å². The molecular weight excluding hydrogens is 288 g/mol. The number of hydrogen-bond acceptors (Lipinski definition) is 4. The lowest BCUT2D eigenvalue weighted by atomic mass is 10.1. The molecule has 0 spiro atoms. The Morgan fingerprint density at radius 3 is 2.17 bits per heavy atom. The maximum absolute atomic E-state index is 5.41. The first-order chi connectivity index (χ1) is 11.2. The second kappa shape index (κ2) is 8.32. The predicted molar refractivity (Wildman–Crippen MR) is 96.9 cm³/mol. The van der Waals surface area contributed by atoms with Gasteiger partial charge < -0.3 is 19.7 Å². The van der Waals surface area contributed by atoms with Gasteiger partial charge in [0, 0.05) is 36.6 Å². The van der Waals surface area contributed by atoms with Crippen LogP contribution < -0.4 is 19.7 Å². The number of nitrogens with one attached hydrogen (secondary N) is 1. The van der Waals surface area contributed by atoms with Gasteiger partial charge in [-0.2, -0.15) is 0 Å². The minimum absolute atomic E-state index is 0.686. The fraction of sp³-hybridized carbons (Fsp3) is 0.368. The summed E-state index contributed by atoms with van der Waals surface area (Å²) in [5.74, 6) is 1.69. The van der Waals surface area contributed by atoms with Crippen LogP contribution in [-0.2, 0) is 6.54 Å². The van der Waals surface area contributed by atoms with Gasteiger partial charge in [-0.15, -0.1) is 0 Å². The van der Waals surface area contributed by atoms with Crippen LogP contribution in [0.4, 0.5) is 11.4 Å². The highest BCUT2D eigenvalue weighted by Gasteiger charge is 2.06. The van der Waals surface area contributed by atoms with Crippen LogP contribution >= 0.6 is 0 Å². The van der Waals surface area contributed by atoms with Crippen molar-refractivity contribution in [1.29, 1.82) is 0 Å². The van der Waals surface area contributed by atoms with E-state index in [4.69, 9.17) is 9.47 Å². The van der Waals surface area contributed by atoms with Crippen molar-refractivity contribution < 1.29 is 9.47 Å². The quantitative estimate of drug-likeness (QED) is 0.793. The molecule has 0 unspecified atom stereocenters. The van der Waals surface area contributed by atoms with Crippen molar-refractivity contribution in [2.75, 3.05) is 37.5 Å². The average molecular weight is 314 g/mol. The zero-order valence-electron chi connectivity index (χ0n) is 14.4. The molecule has 2 aromatic carbocycles. The first-order valence-electron chi connectivity index (χ1n) is 8.01. The second-order valence-electron chi connectivity index (χ2n) is 5.25. The van der Waals surface area contributed by atoms with Crippen LogP contribution in [0.25, 0.3) is 0 Å². The highest BCUT2D eigenvalue weighted by Crippen LogP contribution is 2.25. The van der Waals surface area contributed by atoms with Crippen molar-refractivity contribution >= 4 is 11.4 Å². The predicted octanol–water partition coefficient (Wildman–Crippen LogP) is 4.16. The third kappa shape index (κ3) is 4.31. The van der Waals surface area contributed by atoms with Crippen molar-refractivity contribution in [1.82, 2.24) is 0 Å². The topological polar surface area (TPSA) is 33.7 Å². The summed E-state index contributed by atoms with van der Waals surface area (Å²) in [4.78, 5) is 2.33. The molecule has 0 saturated carbocycles. The molecule has 4 nitrogen and oxygen atoms in total. The highest BCUT2D eigenvalue weighted by molar-refractivity contribution is 5.55. The van der Waals surface area contributed by atoms with Gasteiger partial charge in [-0.25, -0.2) is 0 Å². The van der Waals surface area contributed by atoms with Gasteiger partial charge in [0.15, 0.2) is 0 Å². The lowest BCUT2D eigenvalue weighted by Gasteiger charge is -2.21. The molecule has 4 heteroatoms. The Morgan fingerprint density at radius 2 is 1.61 bits per heavy atom. The summed E-state index contributed by atoms with van der Waals surface area (Å²) in [6, 6.07) is 14.4. The van der Waals surface area contributed by atoms with E-state index in [1.165, 1.54) is 5.69 Å². The van der Waals surface area contributed by atoms with Crippen LogP contribution in [0.1, 0.15) is 19.4 Å². The van der Waals surface area contributed by atoms with Gasteiger partial charge in [0.05, 0.1) is 14.2 Å². The molecule has 0 radical (unpaired) electrons. The summed E-state index contributed by atoms with van der Waals surface area (Å²) in [7, 11) is 3.36. The molecule has 2 rings (SSSR count). The van der Waals surface area contributed by atoms with Gasteiger partial charge in [-0.3, -0.25) is 0 Å². The van der Waals surface area contributed by atoms with Crippen LogP contribution in [0.5, 0.6) is 11.5 Å². The summed E-state index contributed by atoms with van der Waals surface area (Å²) in [6.45, 7) is 7.06. The van der Waals surface area contributed by atoms with Crippen LogP contribution in [0, 0.1) is 0 Å². The highest BCUT2D eigenvalue weighted by atomic mass is 16.5. The van der Waals surface area contributed by atoms with E-state index in [0.717, 1.165) is 35.8 Å². The molecule has 0 amide bonds. The smallest absolute Gasteiger partial charge is 0.124 e. The molecule has 124 valence electrons. The van der Waals surface area contributed by atoms with Crippen LogP contribution in [0.2, 0.25) is 0 Å². The van der Waals surface area contributed by atoms with Crippen molar-refractivity contribution in [2.24, 2.45) is 0 Å². The lowest BCUT2D eigenvalue weighted by molar-refractivity contribution is 0.399. The molecule has 0 aliphatic rings. The number of methoxy groups -OCH3 is 2. The molecule has 0 heterocycles. The van der Waals surface area contributed by atoms with Gasteiger partial charge >= 0.3 is 0 Å².